The van der Waals surface area contributed by atoms with Crippen LogP contribution in [0.3, 0.4) is 0 Å². The Balaban J connectivity index is 1.31. The number of benzene rings is 2. The fraction of sp³-hybridized carbons (Fsp3) is 0.355. The van der Waals surface area contributed by atoms with Crippen molar-refractivity contribution >= 4 is 5.91 Å². The monoisotopic (exact) mass is 478 g/mol. The molecule has 3 heterocycles. The summed E-state index contributed by atoms with van der Waals surface area (Å²) in [4.78, 5) is 26.5. The number of aromatic amines is 2. The van der Waals surface area contributed by atoms with Crippen LogP contribution in [0.15, 0.2) is 60.9 Å². The Kier molecular flexibility index (Phi) is 5.40. The summed E-state index contributed by atoms with van der Waals surface area (Å²) in [7, 11) is 0. The van der Waals surface area contributed by atoms with Crippen LogP contribution in [-0.2, 0) is 10.2 Å². The van der Waals surface area contributed by atoms with Gasteiger partial charge in [0.2, 0.25) is 5.91 Å². The molecule has 5 nitrogen and oxygen atoms in total. The van der Waals surface area contributed by atoms with Crippen molar-refractivity contribution in [1.29, 1.82) is 0 Å². The van der Waals surface area contributed by atoms with Crippen LogP contribution in [-0.4, -0.2) is 32.3 Å². The minimum absolute atomic E-state index is 0.0477. The van der Waals surface area contributed by atoms with Crippen molar-refractivity contribution in [3.8, 4) is 33.6 Å². The number of nitrogens with one attached hydrogen (secondary N) is 2. The smallest absolute Gasteiger partial charge is 0.223 e. The summed E-state index contributed by atoms with van der Waals surface area (Å²) in [6, 6.07) is 17.8. The number of rotatable bonds is 5. The average molecular weight is 479 g/mol. The molecule has 184 valence electrons. The van der Waals surface area contributed by atoms with Gasteiger partial charge < -0.3 is 14.9 Å². The first-order valence-corrected chi connectivity index (χ1v) is 13.1. The molecule has 1 unspecified atom stereocenters. The van der Waals surface area contributed by atoms with Crippen LogP contribution in [0.5, 0.6) is 0 Å². The Morgan fingerprint density at radius 1 is 1.06 bits per heavy atom. The molecule has 0 bridgehead atoms. The average Bonchev–Trinajstić information content (AvgIpc) is 3.65. The predicted molar refractivity (Wildman–Crippen MR) is 145 cm³/mol. The molecule has 2 aromatic heterocycles. The van der Waals surface area contributed by atoms with Gasteiger partial charge in [-0.2, -0.15) is 0 Å². The number of carbonyl (C=O) groups excluding carboxylic acids is 1. The van der Waals surface area contributed by atoms with Gasteiger partial charge in [-0.05, 0) is 76.4 Å². The molecule has 1 saturated heterocycles. The van der Waals surface area contributed by atoms with E-state index in [9.17, 15) is 4.79 Å². The molecule has 2 aromatic carbocycles. The van der Waals surface area contributed by atoms with E-state index >= 15 is 0 Å². The Morgan fingerprint density at radius 3 is 2.39 bits per heavy atom. The summed E-state index contributed by atoms with van der Waals surface area (Å²) >= 11 is 0. The van der Waals surface area contributed by atoms with E-state index in [1.54, 1.807) is 0 Å². The first-order chi connectivity index (χ1) is 17.3. The van der Waals surface area contributed by atoms with Gasteiger partial charge in [0.15, 0.2) is 0 Å². The highest BCUT2D eigenvalue weighted by atomic mass is 16.2. The lowest BCUT2D eigenvalue weighted by Gasteiger charge is -2.24. The third-order valence-electron chi connectivity index (χ3n) is 7.96. The number of fused-ring (bicyclic) bond motifs is 3. The SMILES string of the molecule is CC(C)CC(=O)N1CCCC1c1ncc(-c2ccc3c(c2)C(C)(C)c2cc(-c4ccc[nH]4)ccc2-3)[nH]1. The lowest BCUT2D eigenvalue weighted by molar-refractivity contribution is -0.133. The van der Waals surface area contributed by atoms with Gasteiger partial charge in [0.05, 0.1) is 17.9 Å². The van der Waals surface area contributed by atoms with Crippen molar-refractivity contribution in [2.45, 2.75) is 58.4 Å². The van der Waals surface area contributed by atoms with Crippen LogP contribution in [0.1, 0.15) is 70.0 Å². The molecule has 36 heavy (non-hydrogen) atoms. The van der Waals surface area contributed by atoms with E-state index in [1.807, 2.05) is 23.4 Å². The number of hydrogen-bond donors (Lipinski definition) is 2. The summed E-state index contributed by atoms with van der Waals surface area (Å²) in [6.07, 6.45) is 6.49. The van der Waals surface area contributed by atoms with Crippen LogP contribution >= 0.6 is 0 Å². The van der Waals surface area contributed by atoms with E-state index in [4.69, 9.17) is 4.98 Å². The zero-order valence-electron chi connectivity index (χ0n) is 21.6. The predicted octanol–water partition coefficient (Wildman–Crippen LogP) is 7.09. The molecule has 0 saturated carbocycles. The highest BCUT2D eigenvalue weighted by molar-refractivity contribution is 5.85. The van der Waals surface area contributed by atoms with Crippen molar-refractivity contribution < 1.29 is 4.79 Å². The summed E-state index contributed by atoms with van der Waals surface area (Å²) in [5.41, 5.74) is 9.71. The Morgan fingerprint density at radius 2 is 1.75 bits per heavy atom. The second-order valence-electron chi connectivity index (χ2n) is 11.3. The van der Waals surface area contributed by atoms with Gasteiger partial charge >= 0.3 is 0 Å². The van der Waals surface area contributed by atoms with Gasteiger partial charge in [-0.1, -0.05) is 52.0 Å². The molecule has 1 atom stereocenters. The summed E-state index contributed by atoms with van der Waals surface area (Å²) in [6.45, 7) is 9.65. The topological polar surface area (TPSA) is 64.8 Å². The number of aromatic nitrogens is 3. The molecule has 0 radical (unpaired) electrons. The zero-order valence-corrected chi connectivity index (χ0v) is 21.6. The third kappa shape index (κ3) is 3.69. The Bertz CT molecular complexity index is 1430. The molecule has 0 spiro atoms. The van der Waals surface area contributed by atoms with Crippen molar-refractivity contribution in [1.82, 2.24) is 19.9 Å². The largest absolute Gasteiger partial charge is 0.361 e. The first kappa shape index (κ1) is 22.8. The lowest BCUT2D eigenvalue weighted by Crippen LogP contribution is -2.31. The van der Waals surface area contributed by atoms with Crippen LogP contribution in [0.2, 0.25) is 0 Å². The number of H-pyrrole nitrogens is 2. The zero-order chi connectivity index (χ0) is 25.0. The second-order valence-corrected chi connectivity index (χ2v) is 11.3. The van der Waals surface area contributed by atoms with E-state index in [2.05, 4.69) is 80.1 Å². The second kappa shape index (κ2) is 8.51. The van der Waals surface area contributed by atoms with E-state index < -0.39 is 0 Å². The number of nitrogens with zero attached hydrogens (tertiary/aromatic N) is 2. The van der Waals surface area contributed by atoms with Crippen LogP contribution in [0.25, 0.3) is 33.6 Å². The molecule has 2 N–H and O–H groups in total. The summed E-state index contributed by atoms with van der Waals surface area (Å²) in [5, 5.41) is 0. The molecule has 6 rings (SSSR count). The van der Waals surface area contributed by atoms with Gasteiger partial charge in [0.1, 0.15) is 5.82 Å². The molecule has 1 aliphatic heterocycles. The highest BCUT2D eigenvalue weighted by Crippen LogP contribution is 2.50. The van der Waals surface area contributed by atoms with Crippen molar-refractivity contribution in [2.75, 3.05) is 6.54 Å². The highest BCUT2D eigenvalue weighted by Gasteiger charge is 2.36. The maximum absolute atomic E-state index is 12.8. The fourth-order valence-electron chi connectivity index (χ4n) is 6.05. The minimum atomic E-state index is -0.0996. The van der Waals surface area contributed by atoms with Gasteiger partial charge in [-0.25, -0.2) is 4.98 Å². The van der Waals surface area contributed by atoms with Gasteiger partial charge in [0, 0.05) is 30.3 Å². The van der Waals surface area contributed by atoms with E-state index in [1.165, 1.54) is 27.8 Å². The van der Waals surface area contributed by atoms with E-state index in [0.29, 0.717) is 12.3 Å². The molecule has 1 amide bonds. The molecule has 2 aliphatic rings. The number of amides is 1. The Hall–Kier alpha value is -3.60. The lowest BCUT2D eigenvalue weighted by atomic mass is 9.81. The molecule has 1 fully saturated rings. The van der Waals surface area contributed by atoms with Crippen LogP contribution in [0.4, 0.5) is 0 Å². The molecule has 5 heteroatoms. The Labute approximate surface area is 213 Å². The summed E-state index contributed by atoms with van der Waals surface area (Å²) in [5.74, 6) is 1.50. The summed E-state index contributed by atoms with van der Waals surface area (Å²) < 4.78 is 0. The molecular formula is C31H34N4O. The van der Waals surface area contributed by atoms with Gasteiger partial charge in [-0.3, -0.25) is 4.79 Å². The van der Waals surface area contributed by atoms with Crippen LogP contribution < -0.4 is 0 Å². The van der Waals surface area contributed by atoms with E-state index in [-0.39, 0.29) is 17.4 Å². The number of hydrogen-bond acceptors (Lipinski definition) is 2. The number of carbonyl (C=O) groups is 1. The molecular weight excluding hydrogens is 444 g/mol. The maximum Gasteiger partial charge on any atom is 0.223 e. The maximum atomic E-state index is 12.8. The van der Waals surface area contributed by atoms with Gasteiger partial charge in [0.25, 0.3) is 0 Å². The third-order valence-corrected chi connectivity index (χ3v) is 7.96. The van der Waals surface area contributed by atoms with Crippen LogP contribution in [0, 0.1) is 5.92 Å². The van der Waals surface area contributed by atoms with Crippen molar-refractivity contribution in [3.05, 3.63) is 77.9 Å². The standard InChI is InChI=1S/C31H34N4O/c1-19(2)15-29(36)35-14-6-8-28(35)30-33-18-27(34-30)21-10-12-23-22-11-9-20(26-7-5-13-32-26)16-24(22)31(3,4)25(23)17-21/h5,7,9-13,16-19,28,32H,6,8,14-15H2,1-4H3,(H,33,34). The normalized spacial score (nSPS) is 18.0. The first-order valence-electron chi connectivity index (χ1n) is 13.1. The quantitative estimate of drug-likeness (QED) is 0.322. The number of imidazole rings is 1. The minimum Gasteiger partial charge on any atom is -0.361 e. The van der Waals surface area contributed by atoms with Gasteiger partial charge in [-0.15, -0.1) is 0 Å². The van der Waals surface area contributed by atoms with Crippen molar-refractivity contribution in [2.24, 2.45) is 5.92 Å². The fourth-order valence-corrected chi connectivity index (χ4v) is 6.05. The molecule has 1 aliphatic carbocycles. The molecule has 4 aromatic rings. The van der Waals surface area contributed by atoms with E-state index in [0.717, 1.165) is 42.2 Å². The number of likely N-dealkylation sites (tertiary alicyclic amines) is 1. The van der Waals surface area contributed by atoms with Crippen molar-refractivity contribution in [3.63, 3.8) is 0 Å².